The number of aryl methyl sites for hydroxylation is 1. The first kappa shape index (κ1) is 18.8. The molecule has 120 valence electrons. The molecule has 1 N–H and O–H groups in total. The van der Waals surface area contributed by atoms with E-state index < -0.39 is 0 Å². The van der Waals surface area contributed by atoms with E-state index in [4.69, 9.17) is 9.47 Å². The van der Waals surface area contributed by atoms with Crippen LogP contribution in [0.5, 0.6) is 11.5 Å². The molecule has 2 aromatic carbocycles. The Morgan fingerprint density at radius 3 is 2.36 bits per heavy atom. The third-order valence-corrected chi connectivity index (χ3v) is 3.76. The van der Waals surface area contributed by atoms with Gasteiger partial charge in [0.15, 0.2) is 11.5 Å². The van der Waals surface area contributed by atoms with Crippen molar-refractivity contribution in [3.8, 4) is 11.5 Å². The Morgan fingerprint density at radius 2 is 1.77 bits per heavy atom. The molecule has 3 nitrogen and oxygen atoms in total. The summed E-state index contributed by atoms with van der Waals surface area (Å²) >= 11 is 3.56. The number of hydrogen-bond donors (Lipinski definition) is 1. The summed E-state index contributed by atoms with van der Waals surface area (Å²) in [6, 6.07) is 12.4. The molecule has 0 saturated heterocycles. The van der Waals surface area contributed by atoms with E-state index in [1.807, 2.05) is 19.2 Å². The van der Waals surface area contributed by atoms with Gasteiger partial charge in [-0.3, -0.25) is 0 Å². The van der Waals surface area contributed by atoms with E-state index in [0.29, 0.717) is 6.61 Å². The van der Waals surface area contributed by atoms with Crippen molar-refractivity contribution in [2.24, 2.45) is 0 Å². The first-order chi connectivity index (χ1) is 10.1. The van der Waals surface area contributed by atoms with Gasteiger partial charge in [-0.2, -0.15) is 0 Å². The second kappa shape index (κ2) is 9.03. The molecule has 0 radical (unpaired) electrons. The summed E-state index contributed by atoms with van der Waals surface area (Å²) in [5.41, 5.74) is 3.52. The molecule has 2 rings (SSSR count). The quantitative estimate of drug-likeness (QED) is 0.793. The van der Waals surface area contributed by atoms with Crippen molar-refractivity contribution in [3.63, 3.8) is 0 Å². The maximum Gasteiger partial charge on any atom is 0.175 e. The van der Waals surface area contributed by atoms with E-state index in [1.165, 1.54) is 5.56 Å². The van der Waals surface area contributed by atoms with Gasteiger partial charge in [0, 0.05) is 6.54 Å². The zero-order valence-electron chi connectivity index (χ0n) is 13.0. The smallest absolute Gasteiger partial charge is 0.175 e. The number of rotatable bonds is 6. The fraction of sp³-hybridized carbons (Fsp3) is 0.294. The molecule has 2 aromatic rings. The lowest BCUT2D eigenvalue weighted by molar-refractivity contribution is 0.282. The van der Waals surface area contributed by atoms with Crippen molar-refractivity contribution in [2.75, 3.05) is 14.2 Å². The number of benzene rings is 2. The molecule has 0 aliphatic carbocycles. The Labute approximate surface area is 146 Å². The monoisotopic (exact) mass is 385 g/mol. The average molecular weight is 387 g/mol. The Kier molecular flexibility index (Phi) is 7.73. The Bertz CT molecular complexity index is 602. The maximum atomic E-state index is 5.93. The van der Waals surface area contributed by atoms with Gasteiger partial charge in [-0.05, 0) is 53.2 Å². The highest BCUT2D eigenvalue weighted by Gasteiger charge is 2.11. The fourth-order valence-electron chi connectivity index (χ4n) is 2.06. The standard InChI is InChI=1S/C17H20BrNO2.ClH/c1-12-4-6-13(7-5-12)11-21-17-15(18)8-14(10-19-2)9-16(17)20-3;/h4-9,19H,10-11H2,1-3H3;1H. The van der Waals surface area contributed by atoms with Crippen molar-refractivity contribution in [1.82, 2.24) is 5.32 Å². The lowest BCUT2D eigenvalue weighted by atomic mass is 10.1. The van der Waals surface area contributed by atoms with Crippen LogP contribution in [0.1, 0.15) is 16.7 Å². The van der Waals surface area contributed by atoms with Crippen LogP contribution in [0.15, 0.2) is 40.9 Å². The SMILES string of the molecule is CNCc1cc(Br)c(OCc2ccc(C)cc2)c(OC)c1.Cl. The summed E-state index contributed by atoms with van der Waals surface area (Å²) < 4.78 is 12.3. The molecule has 22 heavy (non-hydrogen) atoms. The highest BCUT2D eigenvalue weighted by molar-refractivity contribution is 9.10. The topological polar surface area (TPSA) is 30.5 Å². The minimum atomic E-state index is 0. The molecular formula is C17H21BrClNO2. The molecule has 0 spiro atoms. The van der Waals surface area contributed by atoms with E-state index in [9.17, 15) is 0 Å². The Hall–Kier alpha value is -1.23. The normalized spacial score (nSPS) is 10.0. The highest BCUT2D eigenvalue weighted by atomic mass is 79.9. The molecule has 0 unspecified atom stereocenters. The van der Waals surface area contributed by atoms with Crippen molar-refractivity contribution in [2.45, 2.75) is 20.1 Å². The lowest BCUT2D eigenvalue weighted by Crippen LogP contribution is -2.06. The molecule has 0 amide bonds. The zero-order chi connectivity index (χ0) is 15.2. The average Bonchev–Trinajstić information content (AvgIpc) is 2.47. The van der Waals surface area contributed by atoms with Crippen LogP contribution in [-0.4, -0.2) is 14.2 Å². The van der Waals surface area contributed by atoms with Crippen LogP contribution in [0.3, 0.4) is 0 Å². The van der Waals surface area contributed by atoms with Gasteiger partial charge < -0.3 is 14.8 Å². The predicted octanol–water partition coefficient (Wildman–Crippen LogP) is 4.49. The van der Waals surface area contributed by atoms with Crippen LogP contribution >= 0.6 is 28.3 Å². The molecular weight excluding hydrogens is 366 g/mol. The van der Waals surface area contributed by atoms with Crippen LogP contribution in [0.2, 0.25) is 0 Å². The molecule has 0 aliphatic heterocycles. The zero-order valence-corrected chi connectivity index (χ0v) is 15.4. The third-order valence-electron chi connectivity index (χ3n) is 3.17. The first-order valence-corrected chi connectivity index (χ1v) is 7.62. The summed E-state index contributed by atoms with van der Waals surface area (Å²) in [7, 11) is 3.58. The number of hydrogen-bond acceptors (Lipinski definition) is 3. The van der Waals surface area contributed by atoms with Crippen LogP contribution in [0.25, 0.3) is 0 Å². The van der Waals surface area contributed by atoms with Crippen LogP contribution in [0, 0.1) is 6.92 Å². The largest absolute Gasteiger partial charge is 0.493 e. The summed E-state index contributed by atoms with van der Waals surface area (Å²) in [6.07, 6.45) is 0. The number of ether oxygens (including phenoxy) is 2. The Morgan fingerprint density at radius 1 is 1.09 bits per heavy atom. The van der Waals surface area contributed by atoms with E-state index >= 15 is 0 Å². The molecule has 0 atom stereocenters. The third kappa shape index (κ3) is 4.90. The van der Waals surface area contributed by atoms with Gasteiger partial charge in [-0.1, -0.05) is 29.8 Å². The molecule has 0 aliphatic rings. The number of methoxy groups -OCH3 is 1. The number of nitrogens with one attached hydrogen (secondary N) is 1. The second-order valence-corrected chi connectivity index (χ2v) is 5.77. The summed E-state index contributed by atoms with van der Waals surface area (Å²) in [6.45, 7) is 3.37. The molecule has 0 aromatic heterocycles. The van der Waals surface area contributed by atoms with Crippen molar-refractivity contribution in [3.05, 3.63) is 57.6 Å². The van der Waals surface area contributed by atoms with Gasteiger partial charge in [-0.15, -0.1) is 12.4 Å². The van der Waals surface area contributed by atoms with Gasteiger partial charge in [0.2, 0.25) is 0 Å². The van der Waals surface area contributed by atoms with E-state index in [0.717, 1.165) is 33.6 Å². The summed E-state index contributed by atoms with van der Waals surface area (Å²) in [5.74, 6) is 1.47. The van der Waals surface area contributed by atoms with E-state index in [-0.39, 0.29) is 12.4 Å². The minimum absolute atomic E-state index is 0. The molecule has 5 heteroatoms. The number of halogens is 2. The van der Waals surface area contributed by atoms with E-state index in [2.05, 4.69) is 52.4 Å². The molecule has 0 saturated carbocycles. The van der Waals surface area contributed by atoms with Gasteiger partial charge >= 0.3 is 0 Å². The lowest BCUT2D eigenvalue weighted by Gasteiger charge is -2.14. The van der Waals surface area contributed by atoms with Crippen molar-refractivity contribution >= 4 is 28.3 Å². The van der Waals surface area contributed by atoms with Gasteiger partial charge in [-0.25, -0.2) is 0 Å². The predicted molar refractivity (Wildman–Crippen MR) is 96.2 cm³/mol. The van der Waals surface area contributed by atoms with Gasteiger partial charge in [0.05, 0.1) is 11.6 Å². The van der Waals surface area contributed by atoms with Crippen LogP contribution in [-0.2, 0) is 13.2 Å². The van der Waals surface area contributed by atoms with Crippen LogP contribution in [0.4, 0.5) is 0 Å². The van der Waals surface area contributed by atoms with Crippen LogP contribution < -0.4 is 14.8 Å². The highest BCUT2D eigenvalue weighted by Crippen LogP contribution is 2.37. The summed E-state index contributed by atoms with van der Waals surface area (Å²) in [5, 5.41) is 3.13. The maximum absolute atomic E-state index is 5.93. The first-order valence-electron chi connectivity index (χ1n) is 6.83. The fourth-order valence-corrected chi connectivity index (χ4v) is 2.66. The molecule has 0 heterocycles. The second-order valence-electron chi connectivity index (χ2n) is 4.91. The van der Waals surface area contributed by atoms with Gasteiger partial charge in [0.1, 0.15) is 6.61 Å². The van der Waals surface area contributed by atoms with Gasteiger partial charge in [0.25, 0.3) is 0 Å². The summed E-state index contributed by atoms with van der Waals surface area (Å²) in [4.78, 5) is 0. The van der Waals surface area contributed by atoms with Crippen molar-refractivity contribution < 1.29 is 9.47 Å². The van der Waals surface area contributed by atoms with E-state index in [1.54, 1.807) is 7.11 Å². The Balaban J connectivity index is 0.00000242. The molecule has 0 bridgehead atoms. The van der Waals surface area contributed by atoms with Crippen molar-refractivity contribution in [1.29, 1.82) is 0 Å². The minimum Gasteiger partial charge on any atom is -0.493 e. The molecule has 0 fully saturated rings.